The van der Waals surface area contributed by atoms with Crippen LogP contribution in [0.4, 0.5) is 0 Å². The molecule has 1 fully saturated rings. The Kier molecular flexibility index (Phi) is 11.4. The van der Waals surface area contributed by atoms with Gasteiger partial charge < -0.3 is 15.0 Å². The summed E-state index contributed by atoms with van der Waals surface area (Å²) in [6.07, 6.45) is 5.29. The van der Waals surface area contributed by atoms with E-state index < -0.39 is 0 Å². The van der Waals surface area contributed by atoms with Crippen molar-refractivity contribution in [2.24, 2.45) is 5.92 Å². The summed E-state index contributed by atoms with van der Waals surface area (Å²) in [6.45, 7) is 9.15. The van der Waals surface area contributed by atoms with Gasteiger partial charge in [0.05, 0.1) is 6.61 Å². The predicted octanol–water partition coefficient (Wildman–Crippen LogP) is 2.16. The van der Waals surface area contributed by atoms with Gasteiger partial charge in [-0.05, 0) is 44.8 Å². The van der Waals surface area contributed by atoms with Crippen molar-refractivity contribution in [3.63, 3.8) is 0 Å². The van der Waals surface area contributed by atoms with Crippen molar-refractivity contribution >= 4 is 12.4 Å². The lowest BCUT2D eigenvalue weighted by Crippen LogP contribution is -2.38. The molecule has 0 aliphatic carbocycles. The van der Waals surface area contributed by atoms with E-state index in [2.05, 4.69) is 17.1 Å². The first-order valence-corrected chi connectivity index (χ1v) is 6.78. The minimum atomic E-state index is 0. The lowest BCUT2D eigenvalue weighted by molar-refractivity contribution is 0.129. The molecule has 0 amide bonds. The molecule has 1 N–H and O–H groups in total. The summed E-state index contributed by atoms with van der Waals surface area (Å²) < 4.78 is 5.19. The molecule has 0 spiro atoms. The molecule has 1 aliphatic rings. The fraction of sp³-hybridized carbons (Fsp3) is 1.00. The van der Waals surface area contributed by atoms with Gasteiger partial charge in [-0.15, -0.1) is 12.4 Å². The van der Waals surface area contributed by atoms with Crippen LogP contribution in [0.3, 0.4) is 0 Å². The van der Waals surface area contributed by atoms with Crippen LogP contribution in [0, 0.1) is 5.92 Å². The highest BCUT2D eigenvalue weighted by Gasteiger charge is 2.16. The van der Waals surface area contributed by atoms with Crippen molar-refractivity contribution < 1.29 is 4.74 Å². The van der Waals surface area contributed by atoms with E-state index in [0.29, 0.717) is 0 Å². The summed E-state index contributed by atoms with van der Waals surface area (Å²) in [5, 5.41) is 3.43. The zero-order chi connectivity index (χ0) is 11.6. The maximum absolute atomic E-state index is 5.19. The molecule has 3 nitrogen and oxygen atoms in total. The third-order valence-electron chi connectivity index (χ3n) is 3.41. The standard InChI is InChI=1S/C13H28N2O.ClH/c1-3-4-9-15(10-11-16-2)12-13-5-7-14-8-6-13;/h13-14H,3-12H2,1-2H3;1H. The summed E-state index contributed by atoms with van der Waals surface area (Å²) >= 11 is 0. The SMILES string of the molecule is CCCCN(CCOC)CC1CCNCC1.Cl. The molecule has 1 aliphatic heterocycles. The molecule has 1 rings (SSSR count). The van der Waals surface area contributed by atoms with Crippen molar-refractivity contribution in [1.82, 2.24) is 10.2 Å². The first-order valence-electron chi connectivity index (χ1n) is 6.78. The van der Waals surface area contributed by atoms with Crippen LogP contribution in [-0.2, 0) is 4.74 Å². The van der Waals surface area contributed by atoms with Crippen LogP contribution in [-0.4, -0.2) is 51.3 Å². The van der Waals surface area contributed by atoms with Crippen LogP contribution >= 0.6 is 12.4 Å². The highest BCUT2D eigenvalue weighted by molar-refractivity contribution is 5.85. The monoisotopic (exact) mass is 264 g/mol. The average molecular weight is 265 g/mol. The van der Waals surface area contributed by atoms with Gasteiger partial charge in [0.15, 0.2) is 0 Å². The quantitative estimate of drug-likeness (QED) is 0.727. The molecule has 1 heterocycles. The number of ether oxygens (including phenoxy) is 1. The molecule has 0 unspecified atom stereocenters. The molecule has 0 saturated carbocycles. The van der Waals surface area contributed by atoms with Gasteiger partial charge in [0.25, 0.3) is 0 Å². The number of methoxy groups -OCH3 is 1. The zero-order valence-electron chi connectivity index (χ0n) is 11.4. The molecule has 4 heteroatoms. The van der Waals surface area contributed by atoms with E-state index in [-0.39, 0.29) is 12.4 Å². The molecule has 1 saturated heterocycles. The smallest absolute Gasteiger partial charge is 0.0589 e. The number of halogens is 1. The van der Waals surface area contributed by atoms with Crippen molar-refractivity contribution in [2.45, 2.75) is 32.6 Å². The fourth-order valence-corrected chi connectivity index (χ4v) is 2.33. The van der Waals surface area contributed by atoms with Gasteiger partial charge in [-0.3, -0.25) is 0 Å². The van der Waals surface area contributed by atoms with E-state index in [0.717, 1.165) is 19.1 Å². The van der Waals surface area contributed by atoms with Crippen molar-refractivity contribution in [2.75, 3.05) is 46.4 Å². The van der Waals surface area contributed by atoms with Gasteiger partial charge in [-0.1, -0.05) is 13.3 Å². The van der Waals surface area contributed by atoms with Gasteiger partial charge in [0, 0.05) is 20.2 Å². The van der Waals surface area contributed by atoms with E-state index in [1.54, 1.807) is 7.11 Å². The molecule has 0 aromatic rings. The molecule has 0 aromatic carbocycles. The lowest BCUT2D eigenvalue weighted by atomic mass is 9.97. The van der Waals surface area contributed by atoms with E-state index in [9.17, 15) is 0 Å². The van der Waals surface area contributed by atoms with Gasteiger partial charge in [0.2, 0.25) is 0 Å². The number of hydrogen-bond acceptors (Lipinski definition) is 3. The summed E-state index contributed by atoms with van der Waals surface area (Å²) in [7, 11) is 1.79. The van der Waals surface area contributed by atoms with E-state index in [1.165, 1.54) is 51.9 Å². The third-order valence-corrected chi connectivity index (χ3v) is 3.41. The van der Waals surface area contributed by atoms with Crippen molar-refractivity contribution in [3.8, 4) is 0 Å². The van der Waals surface area contributed by atoms with Crippen LogP contribution in [0.25, 0.3) is 0 Å². The summed E-state index contributed by atoms with van der Waals surface area (Å²) in [4.78, 5) is 2.59. The second-order valence-electron chi connectivity index (χ2n) is 4.84. The lowest BCUT2D eigenvalue weighted by Gasteiger charge is -2.29. The van der Waals surface area contributed by atoms with E-state index in [1.807, 2.05) is 0 Å². The van der Waals surface area contributed by atoms with Gasteiger partial charge in [-0.2, -0.15) is 0 Å². The molecule has 0 radical (unpaired) electrons. The maximum Gasteiger partial charge on any atom is 0.0589 e. The average Bonchev–Trinajstić information content (AvgIpc) is 2.34. The predicted molar refractivity (Wildman–Crippen MR) is 76.1 cm³/mol. The van der Waals surface area contributed by atoms with Crippen LogP contribution in [0.5, 0.6) is 0 Å². The molecule has 0 bridgehead atoms. The minimum Gasteiger partial charge on any atom is -0.383 e. The summed E-state index contributed by atoms with van der Waals surface area (Å²) in [5.74, 6) is 0.898. The van der Waals surface area contributed by atoms with Crippen LogP contribution in [0.1, 0.15) is 32.6 Å². The second-order valence-corrected chi connectivity index (χ2v) is 4.84. The fourth-order valence-electron chi connectivity index (χ4n) is 2.33. The Morgan fingerprint density at radius 3 is 2.53 bits per heavy atom. The largest absolute Gasteiger partial charge is 0.383 e. The van der Waals surface area contributed by atoms with E-state index in [4.69, 9.17) is 4.74 Å². The molecular weight excluding hydrogens is 236 g/mol. The third kappa shape index (κ3) is 7.98. The number of hydrogen-bond donors (Lipinski definition) is 1. The Balaban J connectivity index is 0.00000256. The maximum atomic E-state index is 5.19. The number of piperidine rings is 1. The van der Waals surface area contributed by atoms with Crippen LogP contribution < -0.4 is 5.32 Å². The first kappa shape index (κ1) is 17.2. The Bertz CT molecular complexity index is 155. The molecule has 0 aromatic heterocycles. The normalized spacial score (nSPS) is 17.1. The minimum absolute atomic E-state index is 0. The topological polar surface area (TPSA) is 24.5 Å². The van der Waals surface area contributed by atoms with E-state index >= 15 is 0 Å². The van der Waals surface area contributed by atoms with Crippen molar-refractivity contribution in [3.05, 3.63) is 0 Å². The number of nitrogens with one attached hydrogen (secondary N) is 1. The highest BCUT2D eigenvalue weighted by Crippen LogP contribution is 2.13. The zero-order valence-corrected chi connectivity index (χ0v) is 12.2. The number of unbranched alkanes of at least 4 members (excludes halogenated alkanes) is 1. The Labute approximate surface area is 113 Å². The van der Waals surface area contributed by atoms with Gasteiger partial charge in [-0.25, -0.2) is 0 Å². The molecule has 0 atom stereocenters. The van der Waals surface area contributed by atoms with Gasteiger partial charge in [0.1, 0.15) is 0 Å². The van der Waals surface area contributed by atoms with Crippen LogP contribution in [0.2, 0.25) is 0 Å². The molecule has 17 heavy (non-hydrogen) atoms. The Morgan fingerprint density at radius 1 is 1.24 bits per heavy atom. The second kappa shape index (κ2) is 11.3. The highest BCUT2D eigenvalue weighted by atomic mass is 35.5. The number of rotatable bonds is 8. The summed E-state index contributed by atoms with van der Waals surface area (Å²) in [5.41, 5.74) is 0. The Hall–Kier alpha value is 0.170. The van der Waals surface area contributed by atoms with Crippen molar-refractivity contribution in [1.29, 1.82) is 0 Å². The molecule has 104 valence electrons. The first-order chi connectivity index (χ1) is 7.86. The summed E-state index contributed by atoms with van der Waals surface area (Å²) in [6, 6.07) is 0. The Morgan fingerprint density at radius 2 is 1.94 bits per heavy atom. The van der Waals surface area contributed by atoms with Gasteiger partial charge >= 0.3 is 0 Å². The van der Waals surface area contributed by atoms with Crippen LogP contribution in [0.15, 0.2) is 0 Å². The molecular formula is C13H29ClN2O. The number of nitrogens with zero attached hydrogens (tertiary/aromatic N) is 1.